The van der Waals surface area contributed by atoms with Crippen LogP contribution in [0.4, 0.5) is 0 Å². The van der Waals surface area contributed by atoms with Crippen molar-refractivity contribution >= 4 is 11.9 Å². The van der Waals surface area contributed by atoms with Gasteiger partial charge in [-0.3, -0.25) is 4.79 Å². The standard InChI is InChI=1S/C17H25NO6/c1-10(2)6-12(17(20)21)18-15(19)9-11-7-13(22-3)16(24-5)14(8-11)23-4/h7-8,10,12H,6,9H2,1-5H3,(H,18,19)(H,20,21)/t12-/m0/s1. The Bertz CT molecular complexity index is 559. The number of ether oxygens (including phenoxy) is 3. The fraction of sp³-hybridized carbons (Fsp3) is 0.529. The van der Waals surface area contributed by atoms with E-state index in [2.05, 4.69) is 5.32 Å². The summed E-state index contributed by atoms with van der Waals surface area (Å²) >= 11 is 0. The SMILES string of the molecule is COc1cc(CC(=O)N[C@@H](CC(C)C)C(=O)O)cc(OC)c1OC. The molecule has 2 N–H and O–H groups in total. The van der Waals surface area contributed by atoms with E-state index in [1.54, 1.807) is 12.1 Å². The van der Waals surface area contributed by atoms with Gasteiger partial charge in [0.15, 0.2) is 11.5 Å². The topological polar surface area (TPSA) is 94.1 Å². The lowest BCUT2D eigenvalue weighted by Crippen LogP contribution is -2.42. The second-order valence-corrected chi connectivity index (χ2v) is 5.80. The fourth-order valence-electron chi connectivity index (χ4n) is 2.36. The van der Waals surface area contributed by atoms with Crippen molar-refractivity contribution in [3.63, 3.8) is 0 Å². The molecule has 0 heterocycles. The molecule has 1 rings (SSSR count). The number of nitrogens with one attached hydrogen (secondary N) is 1. The molecule has 24 heavy (non-hydrogen) atoms. The third-order valence-corrected chi connectivity index (χ3v) is 3.43. The van der Waals surface area contributed by atoms with E-state index in [1.807, 2.05) is 13.8 Å². The average Bonchev–Trinajstić information content (AvgIpc) is 2.52. The highest BCUT2D eigenvalue weighted by molar-refractivity contribution is 5.85. The van der Waals surface area contributed by atoms with Gasteiger partial charge in [0.2, 0.25) is 11.7 Å². The molecule has 0 aliphatic heterocycles. The highest BCUT2D eigenvalue weighted by Crippen LogP contribution is 2.38. The third kappa shape index (κ3) is 5.33. The van der Waals surface area contributed by atoms with Crippen molar-refractivity contribution in [3.05, 3.63) is 17.7 Å². The average molecular weight is 339 g/mol. The maximum absolute atomic E-state index is 12.2. The number of rotatable bonds is 9. The molecule has 0 aromatic heterocycles. The van der Waals surface area contributed by atoms with Gasteiger partial charge in [-0.2, -0.15) is 0 Å². The first-order valence-corrected chi connectivity index (χ1v) is 7.63. The van der Waals surface area contributed by atoms with Crippen LogP contribution in [0.5, 0.6) is 17.2 Å². The first-order valence-electron chi connectivity index (χ1n) is 7.63. The number of hydrogen-bond acceptors (Lipinski definition) is 5. The Hall–Kier alpha value is -2.44. The quantitative estimate of drug-likeness (QED) is 0.713. The largest absolute Gasteiger partial charge is 0.493 e. The molecule has 0 bridgehead atoms. The maximum Gasteiger partial charge on any atom is 0.326 e. The minimum Gasteiger partial charge on any atom is -0.493 e. The summed E-state index contributed by atoms with van der Waals surface area (Å²) in [6, 6.07) is 2.43. The lowest BCUT2D eigenvalue weighted by atomic mass is 10.0. The number of carboxylic acid groups (broad SMARTS) is 1. The van der Waals surface area contributed by atoms with Crippen LogP contribution in [0.25, 0.3) is 0 Å². The minimum absolute atomic E-state index is 0.0125. The summed E-state index contributed by atoms with van der Waals surface area (Å²) in [5.41, 5.74) is 0.635. The third-order valence-electron chi connectivity index (χ3n) is 3.43. The zero-order valence-electron chi connectivity index (χ0n) is 14.7. The van der Waals surface area contributed by atoms with Crippen LogP contribution < -0.4 is 19.5 Å². The van der Waals surface area contributed by atoms with E-state index in [-0.39, 0.29) is 18.2 Å². The summed E-state index contributed by atoms with van der Waals surface area (Å²) < 4.78 is 15.7. The van der Waals surface area contributed by atoms with Crippen molar-refractivity contribution in [3.8, 4) is 17.2 Å². The molecule has 1 atom stereocenters. The second-order valence-electron chi connectivity index (χ2n) is 5.80. The minimum atomic E-state index is -1.04. The number of aliphatic carboxylic acids is 1. The predicted octanol–water partition coefficient (Wildman–Crippen LogP) is 1.87. The van der Waals surface area contributed by atoms with Crippen molar-refractivity contribution in [2.75, 3.05) is 21.3 Å². The number of amides is 1. The summed E-state index contributed by atoms with van der Waals surface area (Å²) in [4.78, 5) is 23.4. The fourth-order valence-corrected chi connectivity index (χ4v) is 2.36. The smallest absolute Gasteiger partial charge is 0.326 e. The Morgan fingerprint density at radius 3 is 2.00 bits per heavy atom. The molecule has 1 aromatic rings. The summed E-state index contributed by atoms with van der Waals surface area (Å²) in [7, 11) is 4.48. The van der Waals surface area contributed by atoms with Crippen LogP contribution in [0, 0.1) is 5.92 Å². The first kappa shape index (κ1) is 19.6. The van der Waals surface area contributed by atoms with Gasteiger partial charge < -0.3 is 24.6 Å². The Morgan fingerprint density at radius 2 is 1.62 bits per heavy atom. The van der Waals surface area contributed by atoms with Crippen LogP contribution in [-0.4, -0.2) is 44.4 Å². The van der Waals surface area contributed by atoms with Gasteiger partial charge in [-0.05, 0) is 30.0 Å². The van der Waals surface area contributed by atoms with Gasteiger partial charge in [0.1, 0.15) is 6.04 Å². The van der Waals surface area contributed by atoms with Crippen molar-refractivity contribution in [2.45, 2.75) is 32.7 Å². The Balaban J connectivity index is 2.91. The van der Waals surface area contributed by atoms with Crippen molar-refractivity contribution in [2.24, 2.45) is 5.92 Å². The number of benzene rings is 1. The van der Waals surface area contributed by atoms with E-state index in [4.69, 9.17) is 14.2 Å². The van der Waals surface area contributed by atoms with Crippen molar-refractivity contribution in [1.82, 2.24) is 5.32 Å². The lowest BCUT2D eigenvalue weighted by Gasteiger charge is -2.17. The Kier molecular flexibility index (Phi) is 7.35. The number of carboxylic acids is 1. The van der Waals surface area contributed by atoms with Gasteiger partial charge in [-0.15, -0.1) is 0 Å². The van der Waals surface area contributed by atoms with Gasteiger partial charge in [-0.1, -0.05) is 13.8 Å². The molecule has 0 radical (unpaired) electrons. The van der Waals surface area contributed by atoms with Crippen LogP contribution in [0.2, 0.25) is 0 Å². The molecule has 0 saturated carbocycles. The number of methoxy groups -OCH3 is 3. The lowest BCUT2D eigenvalue weighted by molar-refractivity contribution is -0.142. The molecular weight excluding hydrogens is 314 g/mol. The molecule has 0 aliphatic carbocycles. The molecular formula is C17H25NO6. The Labute approximate surface area is 141 Å². The molecule has 0 saturated heterocycles. The molecule has 0 spiro atoms. The second kappa shape index (κ2) is 9.00. The van der Waals surface area contributed by atoms with Gasteiger partial charge in [0, 0.05) is 0 Å². The maximum atomic E-state index is 12.2. The van der Waals surface area contributed by atoms with Gasteiger partial charge in [0.25, 0.3) is 0 Å². The van der Waals surface area contributed by atoms with Crippen molar-refractivity contribution in [1.29, 1.82) is 0 Å². The van der Waals surface area contributed by atoms with E-state index in [1.165, 1.54) is 21.3 Å². The van der Waals surface area contributed by atoms with E-state index in [0.717, 1.165) is 0 Å². The van der Waals surface area contributed by atoms with Crippen LogP contribution in [0.1, 0.15) is 25.8 Å². The summed E-state index contributed by atoms with van der Waals surface area (Å²) in [5, 5.41) is 11.7. The normalized spacial score (nSPS) is 11.8. The molecule has 0 fully saturated rings. The van der Waals surface area contributed by atoms with E-state index < -0.39 is 12.0 Å². The number of carbonyl (C=O) groups excluding carboxylic acids is 1. The highest BCUT2D eigenvalue weighted by Gasteiger charge is 2.22. The van der Waals surface area contributed by atoms with E-state index in [9.17, 15) is 14.7 Å². The zero-order valence-corrected chi connectivity index (χ0v) is 14.7. The molecule has 0 aliphatic rings. The molecule has 1 amide bonds. The van der Waals surface area contributed by atoms with Crippen LogP contribution in [0.15, 0.2) is 12.1 Å². The number of carbonyl (C=O) groups is 2. The van der Waals surface area contributed by atoms with Crippen LogP contribution >= 0.6 is 0 Å². The summed E-state index contributed by atoms with van der Waals surface area (Å²) in [6.45, 7) is 3.81. The summed E-state index contributed by atoms with van der Waals surface area (Å²) in [6.07, 6.45) is 0.384. The predicted molar refractivity (Wildman–Crippen MR) is 88.8 cm³/mol. The van der Waals surface area contributed by atoms with Gasteiger partial charge in [-0.25, -0.2) is 4.79 Å². The number of hydrogen-bond donors (Lipinski definition) is 2. The van der Waals surface area contributed by atoms with Gasteiger partial charge in [0.05, 0.1) is 27.8 Å². The van der Waals surface area contributed by atoms with E-state index in [0.29, 0.717) is 29.2 Å². The monoisotopic (exact) mass is 339 g/mol. The Morgan fingerprint density at radius 1 is 1.08 bits per heavy atom. The van der Waals surface area contributed by atoms with E-state index >= 15 is 0 Å². The molecule has 7 heteroatoms. The first-order chi connectivity index (χ1) is 11.3. The molecule has 7 nitrogen and oxygen atoms in total. The zero-order chi connectivity index (χ0) is 18.3. The molecule has 1 aromatic carbocycles. The molecule has 134 valence electrons. The van der Waals surface area contributed by atoms with Gasteiger partial charge >= 0.3 is 5.97 Å². The van der Waals surface area contributed by atoms with Crippen LogP contribution in [0.3, 0.4) is 0 Å². The van der Waals surface area contributed by atoms with Crippen molar-refractivity contribution < 1.29 is 28.9 Å². The molecule has 0 unspecified atom stereocenters. The van der Waals surface area contributed by atoms with Crippen LogP contribution in [-0.2, 0) is 16.0 Å². The highest BCUT2D eigenvalue weighted by atomic mass is 16.5. The summed E-state index contributed by atoms with van der Waals surface area (Å²) in [5.74, 6) is 0.0625.